The van der Waals surface area contributed by atoms with Gasteiger partial charge in [0.05, 0.1) is 23.7 Å². The van der Waals surface area contributed by atoms with E-state index in [-0.39, 0.29) is 12.8 Å². The van der Waals surface area contributed by atoms with Gasteiger partial charge in [-0.2, -0.15) is 0 Å². The maximum absolute atomic E-state index is 11.7. The third-order valence-corrected chi connectivity index (χ3v) is 4.76. The summed E-state index contributed by atoms with van der Waals surface area (Å²) >= 11 is 0. The summed E-state index contributed by atoms with van der Waals surface area (Å²) in [6.45, 7) is 0. The highest BCUT2D eigenvalue weighted by atomic mass is 16.6. The number of carboxylic acids is 2. The van der Waals surface area contributed by atoms with E-state index in [9.17, 15) is 29.4 Å². The van der Waals surface area contributed by atoms with Crippen molar-refractivity contribution < 1.29 is 34.1 Å². The van der Waals surface area contributed by atoms with E-state index in [0.29, 0.717) is 0 Å². The van der Waals surface area contributed by atoms with Crippen molar-refractivity contribution in [2.45, 2.75) is 12.8 Å². The summed E-state index contributed by atoms with van der Waals surface area (Å²) in [5.41, 5.74) is 0. The molecule has 0 aromatic rings. The van der Waals surface area contributed by atoms with Gasteiger partial charge in [-0.25, -0.2) is 0 Å². The number of ether oxygens (including phenoxy) is 1. The quantitative estimate of drug-likeness (QED) is 0.523. The highest BCUT2D eigenvalue weighted by Crippen LogP contribution is 2.58. The van der Waals surface area contributed by atoms with Gasteiger partial charge in [-0.15, -0.1) is 0 Å². The zero-order valence-corrected chi connectivity index (χ0v) is 9.81. The number of hydrogen-bond donors (Lipinski definition) is 2. The van der Waals surface area contributed by atoms with Crippen LogP contribution >= 0.6 is 0 Å². The molecule has 0 aromatic carbocycles. The van der Waals surface area contributed by atoms with Gasteiger partial charge in [-0.05, 0) is 24.7 Å². The van der Waals surface area contributed by atoms with E-state index in [1.807, 2.05) is 0 Å². The normalized spacial score (nSPS) is 43.8. The van der Waals surface area contributed by atoms with Crippen LogP contribution in [0, 0.1) is 35.5 Å². The smallest absolute Gasteiger partial charge is 0.316 e. The van der Waals surface area contributed by atoms with Gasteiger partial charge in [0.2, 0.25) is 0 Å². The summed E-state index contributed by atoms with van der Waals surface area (Å²) in [6, 6.07) is 0. The van der Waals surface area contributed by atoms with E-state index in [1.165, 1.54) is 0 Å². The molecule has 6 unspecified atom stereocenters. The molecule has 7 nitrogen and oxygen atoms in total. The third kappa shape index (κ3) is 1.50. The van der Waals surface area contributed by atoms with Crippen molar-refractivity contribution in [3.8, 4) is 0 Å². The number of carbonyl (C=O) groups is 4. The fraction of sp³-hybridized carbons (Fsp3) is 0.667. The molecule has 3 rings (SSSR count). The Bertz CT molecular complexity index is 454. The van der Waals surface area contributed by atoms with Crippen LogP contribution in [0.3, 0.4) is 0 Å². The first-order valence-electron chi connectivity index (χ1n) is 6.13. The van der Waals surface area contributed by atoms with Gasteiger partial charge in [0.25, 0.3) is 0 Å². The summed E-state index contributed by atoms with van der Waals surface area (Å²) in [5.74, 6) is -7.89. The van der Waals surface area contributed by atoms with Crippen LogP contribution in [0.2, 0.25) is 0 Å². The van der Waals surface area contributed by atoms with Crippen LogP contribution in [-0.2, 0) is 23.9 Å². The molecule has 2 bridgehead atoms. The Labute approximate surface area is 107 Å². The first-order valence-corrected chi connectivity index (χ1v) is 6.13. The number of rotatable bonds is 2. The maximum atomic E-state index is 11.7. The van der Waals surface area contributed by atoms with Gasteiger partial charge >= 0.3 is 23.9 Å². The lowest BCUT2D eigenvalue weighted by Crippen LogP contribution is -2.34. The van der Waals surface area contributed by atoms with Crippen molar-refractivity contribution in [3.63, 3.8) is 0 Å². The SMILES string of the molecule is O=C(O)C1CC(C(=O)O)C2C3CC(C(=O)OC3=O)C12. The lowest BCUT2D eigenvalue weighted by molar-refractivity contribution is -0.170. The Kier molecular flexibility index (Phi) is 2.42. The fourth-order valence-electron chi connectivity index (χ4n) is 4.10. The molecular weight excluding hydrogens is 256 g/mol. The molecule has 2 N–H and O–H groups in total. The number of carboxylic acid groups (broad SMARTS) is 2. The van der Waals surface area contributed by atoms with Crippen LogP contribution in [0.1, 0.15) is 12.8 Å². The fourth-order valence-corrected chi connectivity index (χ4v) is 4.10. The molecule has 3 fully saturated rings. The van der Waals surface area contributed by atoms with Crippen molar-refractivity contribution in [1.29, 1.82) is 0 Å². The molecule has 0 radical (unpaired) electrons. The minimum Gasteiger partial charge on any atom is -0.481 e. The van der Waals surface area contributed by atoms with Crippen molar-refractivity contribution >= 4 is 23.9 Å². The van der Waals surface area contributed by atoms with Crippen LogP contribution in [0.4, 0.5) is 0 Å². The number of aliphatic carboxylic acids is 2. The van der Waals surface area contributed by atoms with Crippen molar-refractivity contribution in [2.24, 2.45) is 35.5 Å². The molecule has 1 aliphatic heterocycles. The number of cyclic esters (lactones) is 2. The molecule has 1 heterocycles. The molecule has 7 heteroatoms. The molecule has 2 saturated carbocycles. The Morgan fingerprint density at radius 3 is 1.68 bits per heavy atom. The van der Waals surface area contributed by atoms with Crippen molar-refractivity contribution in [2.75, 3.05) is 0 Å². The molecule has 6 atom stereocenters. The molecule has 102 valence electrons. The number of esters is 2. The first-order chi connectivity index (χ1) is 8.91. The van der Waals surface area contributed by atoms with E-state index in [4.69, 9.17) is 0 Å². The summed E-state index contributed by atoms with van der Waals surface area (Å²) in [5, 5.41) is 18.4. The van der Waals surface area contributed by atoms with Gasteiger partial charge in [-0.3, -0.25) is 19.2 Å². The largest absolute Gasteiger partial charge is 0.481 e. The maximum Gasteiger partial charge on any atom is 0.316 e. The number of carbonyl (C=O) groups excluding carboxylic acids is 2. The lowest BCUT2D eigenvalue weighted by Gasteiger charge is -2.22. The van der Waals surface area contributed by atoms with Crippen LogP contribution in [-0.4, -0.2) is 34.1 Å². The molecule has 0 amide bonds. The highest BCUT2D eigenvalue weighted by Gasteiger charge is 2.65. The summed E-state index contributed by atoms with van der Waals surface area (Å²) in [7, 11) is 0. The number of fused-ring (bicyclic) bond motifs is 5. The van der Waals surface area contributed by atoms with E-state index in [1.54, 1.807) is 0 Å². The summed E-state index contributed by atoms with van der Waals surface area (Å²) in [6.07, 6.45) is 0.203. The first kappa shape index (κ1) is 12.1. The molecule has 1 saturated heterocycles. The third-order valence-electron chi connectivity index (χ3n) is 4.76. The molecule has 0 spiro atoms. The standard InChI is InChI=1S/C12H12O7/c13-9(14)3-1-4(10(15)16)8-6-2-5(7(3)8)11(17)19-12(6)18/h3-8H,1-2H2,(H,13,14)(H,15,16). The van der Waals surface area contributed by atoms with Gasteiger partial charge in [0, 0.05) is 0 Å². The van der Waals surface area contributed by atoms with Gasteiger partial charge in [-0.1, -0.05) is 0 Å². The van der Waals surface area contributed by atoms with E-state index in [2.05, 4.69) is 4.74 Å². The van der Waals surface area contributed by atoms with Crippen LogP contribution in [0.5, 0.6) is 0 Å². The van der Waals surface area contributed by atoms with Crippen LogP contribution in [0.25, 0.3) is 0 Å². The molecular formula is C12H12O7. The van der Waals surface area contributed by atoms with Crippen molar-refractivity contribution in [3.05, 3.63) is 0 Å². The minimum atomic E-state index is -1.11. The molecule has 2 aliphatic carbocycles. The van der Waals surface area contributed by atoms with Crippen LogP contribution < -0.4 is 0 Å². The summed E-state index contributed by atoms with van der Waals surface area (Å²) in [4.78, 5) is 45.9. The van der Waals surface area contributed by atoms with Crippen molar-refractivity contribution in [1.82, 2.24) is 0 Å². The lowest BCUT2D eigenvalue weighted by atomic mass is 9.83. The second-order valence-corrected chi connectivity index (χ2v) is 5.47. The Morgan fingerprint density at radius 2 is 1.32 bits per heavy atom. The second kappa shape index (κ2) is 3.79. The second-order valence-electron chi connectivity index (χ2n) is 5.47. The Hall–Kier alpha value is -1.92. The van der Waals surface area contributed by atoms with E-state index >= 15 is 0 Å². The van der Waals surface area contributed by atoms with Gasteiger partial charge in [0.1, 0.15) is 0 Å². The van der Waals surface area contributed by atoms with E-state index in [0.717, 1.165) is 0 Å². The predicted octanol–water partition coefficient (Wildman–Crippen LogP) is -0.256. The molecule has 3 aliphatic rings. The molecule has 19 heavy (non-hydrogen) atoms. The number of hydrogen-bond acceptors (Lipinski definition) is 5. The van der Waals surface area contributed by atoms with Gasteiger partial charge < -0.3 is 14.9 Å². The predicted molar refractivity (Wildman–Crippen MR) is 56.5 cm³/mol. The zero-order chi connectivity index (χ0) is 13.9. The van der Waals surface area contributed by atoms with E-state index < -0.39 is 59.4 Å². The average Bonchev–Trinajstić information content (AvgIpc) is 2.81. The van der Waals surface area contributed by atoms with Gasteiger partial charge in [0.15, 0.2) is 0 Å². The molecule has 0 aromatic heterocycles. The minimum absolute atomic E-state index is 0.0203. The monoisotopic (exact) mass is 268 g/mol. The van der Waals surface area contributed by atoms with Crippen LogP contribution in [0.15, 0.2) is 0 Å². The highest BCUT2D eigenvalue weighted by molar-refractivity contribution is 5.94. The Morgan fingerprint density at radius 1 is 0.895 bits per heavy atom. The zero-order valence-electron chi connectivity index (χ0n) is 9.81. The topological polar surface area (TPSA) is 118 Å². The Balaban J connectivity index is 2.04. The summed E-state index contributed by atoms with van der Waals surface area (Å²) < 4.78 is 4.60. The average molecular weight is 268 g/mol.